The average molecular weight is 343 g/mol. The van der Waals surface area contributed by atoms with Crippen molar-refractivity contribution in [3.8, 4) is 5.69 Å². The predicted molar refractivity (Wildman–Crippen MR) is 92.5 cm³/mol. The van der Waals surface area contributed by atoms with Gasteiger partial charge in [0, 0.05) is 43.2 Å². The minimum Gasteiger partial charge on any atom is -0.338 e. The van der Waals surface area contributed by atoms with E-state index in [0.29, 0.717) is 24.3 Å². The van der Waals surface area contributed by atoms with Gasteiger partial charge < -0.3 is 15.2 Å². The van der Waals surface area contributed by atoms with E-state index in [2.05, 4.69) is 4.98 Å². The molecule has 0 radical (unpaired) electrons. The Labute approximate surface area is 145 Å². The van der Waals surface area contributed by atoms with E-state index in [1.54, 1.807) is 34.0 Å². The molecule has 8 heteroatoms. The highest BCUT2D eigenvalue weighted by molar-refractivity contribution is 5.95. The predicted octanol–water partition coefficient (Wildman–Crippen LogP) is 1.98. The number of rotatable bonds is 4. The van der Waals surface area contributed by atoms with Crippen LogP contribution in [-0.4, -0.2) is 44.4 Å². The fraction of sp³-hybridized carbons (Fsp3) is 0.412. The fourth-order valence-corrected chi connectivity index (χ4v) is 3.23. The summed E-state index contributed by atoms with van der Waals surface area (Å²) in [6.07, 6.45) is 6.56. The van der Waals surface area contributed by atoms with Crippen molar-refractivity contribution in [2.45, 2.75) is 25.8 Å². The highest BCUT2D eigenvalue weighted by Gasteiger charge is 2.28. The number of benzene rings is 1. The number of imidazole rings is 1. The Morgan fingerprint density at radius 1 is 1.48 bits per heavy atom. The third-order valence-corrected chi connectivity index (χ3v) is 4.69. The summed E-state index contributed by atoms with van der Waals surface area (Å²) >= 11 is 0. The highest BCUT2D eigenvalue weighted by atomic mass is 16.6. The number of hydrogen-bond acceptors (Lipinski definition) is 5. The van der Waals surface area contributed by atoms with Crippen LogP contribution in [0.2, 0.25) is 0 Å². The van der Waals surface area contributed by atoms with Crippen LogP contribution in [0.25, 0.3) is 5.69 Å². The van der Waals surface area contributed by atoms with E-state index in [1.165, 1.54) is 12.4 Å². The summed E-state index contributed by atoms with van der Waals surface area (Å²) in [7, 11) is 0. The second-order valence-corrected chi connectivity index (χ2v) is 6.44. The van der Waals surface area contributed by atoms with Crippen LogP contribution in [0.5, 0.6) is 0 Å². The zero-order valence-electron chi connectivity index (χ0n) is 14.0. The van der Waals surface area contributed by atoms with Crippen molar-refractivity contribution < 1.29 is 9.72 Å². The van der Waals surface area contributed by atoms with Crippen molar-refractivity contribution in [3.05, 3.63) is 52.6 Å². The number of carbonyl (C=O) groups is 1. The number of nitro benzene ring substituents is 1. The Balaban J connectivity index is 1.88. The van der Waals surface area contributed by atoms with Gasteiger partial charge in [0.2, 0.25) is 0 Å². The zero-order chi connectivity index (χ0) is 18.0. The summed E-state index contributed by atoms with van der Waals surface area (Å²) < 4.78 is 1.55. The van der Waals surface area contributed by atoms with Gasteiger partial charge in [0.25, 0.3) is 11.6 Å². The lowest BCUT2D eigenvalue weighted by molar-refractivity contribution is -0.384. The molecule has 2 N–H and O–H groups in total. The second-order valence-electron chi connectivity index (χ2n) is 6.44. The van der Waals surface area contributed by atoms with Crippen molar-refractivity contribution in [2.75, 3.05) is 13.1 Å². The molecule has 8 nitrogen and oxygen atoms in total. The second kappa shape index (κ2) is 7.02. The normalized spacial score (nSPS) is 18.8. The van der Waals surface area contributed by atoms with Gasteiger partial charge in [-0.25, -0.2) is 4.98 Å². The monoisotopic (exact) mass is 343 g/mol. The molecule has 1 aliphatic heterocycles. The third-order valence-electron chi connectivity index (χ3n) is 4.69. The van der Waals surface area contributed by atoms with Crippen LogP contribution in [0, 0.1) is 16.0 Å². The van der Waals surface area contributed by atoms with Gasteiger partial charge in [-0.1, -0.05) is 0 Å². The lowest BCUT2D eigenvalue weighted by atomic mass is 9.92. The van der Waals surface area contributed by atoms with Crippen molar-refractivity contribution in [1.29, 1.82) is 0 Å². The standard InChI is InChI=1S/C17H21N5O3/c1-12(18)14-3-2-7-20(10-14)17(23)13-4-5-15(16(9-13)22(24)25)21-8-6-19-11-21/h4-6,8-9,11-12,14H,2-3,7,10,18H2,1H3. The molecule has 2 unspecified atom stereocenters. The van der Waals surface area contributed by atoms with Crippen molar-refractivity contribution in [2.24, 2.45) is 11.7 Å². The number of nitro groups is 1. The molecule has 25 heavy (non-hydrogen) atoms. The number of aromatic nitrogens is 2. The topological polar surface area (TPSA) is 107 Å². The summed E-state index contributed by atoms with van der Waals surface area (Å²) in [6.45, 7) is 3.19. The first-order valence-electron chi connectivity index (χ1n) is 8.29. The average Bonchev–Trinajstić information content (AvgIpc) is 3.15. The molecule has 1 aromatic heterocycles. The molecule has 1 amide bonds. The maximum atomic E-state index is 12.8. The molecule has 2 heterocycles. The molecular weight excluding hydrogens is 322 g/mol. The quantitative estimate of drug-likeness (QED) is 0.674. The van der Waals surface area contributed by atoms with Gasteiger partial charge >= 0.3 is 0 Å². The summed E-state index contributed by atoms with van der Waals surface area (Å²) in [5, 5.41) is 11.4. The summed E-state index contributed by atoms with van der Waals surface area (Å²) in [5.41, 5.74) is 6.55. The molecule has 0 bridgehead atoms. The molecule has 2 atom stereocenters. The van der Waals surface area contributed by atoms with E-state index in [4.69, 9.17) is 5.73 Å². The molecule has 3 rings (SSSR count). The summed E-state index contributed by atoms with van der Waals surface area (Å²) in [6, 6.07) is 4.57. The van der Waals surface area contributed by atoms with Gasteiger partial charge in [0.1, 0.15) is 5.69 Å². The van der Waals surface area contributed by atoms with Crippen LogP contribution in [0.4, 0.5) is 5.69 Å². The Bertz CT molecular complexity index is 773. The zero-order valence-corrected chi connectivity index (χ0v) is 14.0. The molecule has 0 saturated carbocycles. The minimum atomic E-state index is -0.479. The van der Waals surface area contributed by atoms with Crippen molar-refractivity contribution in [3.63, 3.8) is 0 Å². The maximum absolute atomic E-state index is 12.8. The third kappa shape index (κ3) is 3.53. The maximum Gasteiger partial charge on any atom is 0.294 e. The molecule has 132 valence electrons. The lowest BCUT2D eigenvalue weighted by Gasteiger charge is -2.34. The molecule has 1 saturated heterocycles. The van der Waals surface area contributed by atoms with Gasteiger partial charge in [0.05, 0.1) is 11.3 Å². The van der Waals surface area contributed by atoms with Crippen LogP contribution in [0.3, 0.4) is 0 Å². The van der Waals surface area contributed by atoms with Crippen LogP contribution < -0.4 is 5.73 Å². The van der Waals surface area contributed by atoms with E-state index >= 15 is 0 Å². The van der Waals surface area contributed by atoms with Gasteiger partial charge in [-0.2, -0.15) is 0 Å². The van der Waals surface area contributed by atoms with Gasteiger partial charge in [-0.05, 0) is 37.8 Å². The molecule has 1 fully saturated rings. The van der Waals surface area contributed by atoms with Gasteiger partial charge in [0.15, 0.2) is 0 Å². The fourth-order valence-electron chi connectivity index (χ4n) is 3.23. The van der Waals surface area contributed by atoms with E-state index in [9.17, 15) is 14.9 Å². The van der Waals surface area contributed by atoms with Crippen LogP contribution >= 0.6 is 0 Å². The molecule has 0 spiro atoms. The smallest absolute Gasteiger partial charge is 0.294 e. The molecule has 1 aliphatic rings. The molecule has 0 aliphatic carbocycles. The van der Waals surface area contributed by atoms with Crippen molar-refractivity contribution in [1.82, 2.24) is 14.5 Å². The molecule has 2 aromatic rings. The first kappa shape index (κ1) is 17.1. The Hall–Kier alpha value is -2.74. The number of nitrogens with zero attached hydrogens (tertiary/aromatic N) is 4. The first-order valence-corrected chi connectivity index (χ1v) is 8.29. The summed E-state index contributed by atoms with van der Waals surface area (Å²) in [4.78, 5) is 29.4. The van der Waals surface area contributed by atoms with E-state index in [-0.39, 0.29) is 23.6 Å². The van der Waals surface area contributed by atoms with Crippen LogP contribution in [0.15, 0.2) is 36.9 Å². The van der Waals surface area contributed by atoms with Crippen LogP contribution in [-0.2, 0) is 0 Å². The largest absolute Gasteiger partial charge is 0.338 e. The van der Waals surface area contributed by atoms with Gasteiger partial charge in [-0.15, -0.1) is 0 Å². The number of likely N-dealkylation sites (tertiary alicyclic amines) is 1. The number of carbonyl (C=O) groups excluding carboxylic acids is 1. The van der Waals surface area contributed by atoms with Crippen LogP contribution in [0.1, 0.15) is 30.1 Å². The Morgan fingerprint density at radius 3 is 2.92 bits per heavy atom. The first-order chi connectivity index (χ1) is 12.0. The summed E-state index contributed by atoms with van der Waals surface area (Å²) in [5.74, 6) is 0.0727. The minimum absolute atomic E-state index is 0.0218. The highest BCUT2D eigenvalue weighted by Crippen LogP contribution is 2.26. The Kier molecular flexibility index (Phi) is 4.80. The number of piperidine rings is 1. The van der Waals surface area contributed by atoms with E-state index in [1.807, 2.05) is 6.92 Å². The number of nitrogens with two attached hydrogens (primary N) is 1. The van der Waals surface area contributed by atoms with E-state index in [0.717, 1.165) is 12.8 Å². The lowest BCUT2D eigenvalue weighted by Crippen LogP contribution is -2.45. The Morgan fingerprint density at radius 2 is 2.28 bits per heavy atom. The van der Waals surface area contributed by atoms with E-state index < -0.39 is 4.92 Å². The van der Waals surface area contributed by atoms with Crippen molar-refractivity contribution >= 4 is 11.6 Å². The van der Waals surface area contributed by atoms with Gasteiger partial charge in [-0.3, -0.25) is 14.9 Å². The molecular formula is C17H21N5O3. The number of hydrogen-bond donors (Lipinski definition) is 1. The molecule has 1 aromatic carbocycles. The SMILES string of the molecule is CC(N)C1CCCN(C(=O)c2ccc(-n3ccnc3)c([N+](=O)[O-])c2)C1. The number of amides is 1.